The van der Waals surface area contributed by atoms with Crippen LogP contribution < -0.4 is 0 Å². The number of ketones is 2. The van der Waals surface area contributed by atoms with Gasteiger partial charge in [-0.15, -0.1) is 0 Å². The zero-order chi connectivity index (χ0) is 30.4. The fourth-order valence-electron chi connectivity index (χ4n) is 3.21. The van der Waals surface area contributed by atoms with E-state index in [0.717, 1.165) is 0 Å². The lowest BCUT2D eigenvalue weighted by Gasteiger charge is -2.14. The lowest BCUT2D eigenvalue weighted by molar-refractivity contribution is 0.0995. The van der Waals surface area contributed by atoms with Crippen LogP contribution in [-0.2, 0) is 0 Å². The van der Waals surface area contributed by atoms with E-state index in [1.165, 1.54) is 10.3 Å². The summed E-state index contributed by atoms with van der Waals surface area (Å²) in [5.41, 5.74) is -13.6. The molecule has 4 nitrogen and oxygen atoms in total. The molecule has 18 heteroatoms. The van der Waals surface area contributed by atoms with Gasteiger partial charge in [0.2, 0.25) is 11.6 Å². The molecule has 0 amide bonds. The van der Waals surface area contributed by atoms with Crippen molar-refractivity contribution in [3.05, 3.63) is 92.1 Å². The van der Waals surface area contributed by atoms with Crippen molar-refractivity contribution in [1.29, 1.82) is 0 Å². The molecule has 3 rings (SSSR count). The van der Waals surface area contributed by atoms with Crippen molar-refractivity contribution in [2.75, 3.05) is 0 Å². The van der Waals surface area contributed by atoms with E-state index in [9.17, 15) is 62.3 Å². The third-order valence-corrected chi connectivity index (χ3v) is 5.15. The number of hydrogen-bond acceptors (Lipinski definition) is 6. The molecule has 0 saturated carbocycles. The van der Waals surface area contributed by atoms with Crippen LogP contribution in [0.2, 0.25) is 0 Å². The van der Waals surface area contributed by atoms with E-state index in [4.69, 9.17) is 0 Å². The smallest absolute Gasteiger partial charge is 0.205 e. The Labute approximate surface area is 222 Å². The molecular formula is C22F12N2O2S2. The van der Waals surface area contributed by atoms with E-state index in [2.05, 4.69) is 34.4 Å². The summed E-state index contributed by atoms with van der Waals surface area (Å²) in [5.74, 6) is -37.9. The highest BCUT2D eigenvalue weighted by atomic mass is 32.1. The van der Waals surface area contributed by atoms with Crippen LogP contribution in [-0.4, -0.2) is 21.9 Å². The molecule has 0 N–H and O–H groups in total. The Hall–Kier alpha value is -4.24. The van der Waals surface area contributed by atoms with Crippen molar-refractivity contribution in [3.8, 4) is 0 Å². The largest absolute Gasteiger partial charge is 0.288 e. The molecule has 0 aromatic heterocycles. The summed E-state index contributed by atoms with van der Waals surface area (Å²) in [6.45, 7) is 0. The highest BCUT2D eigenvalue weighted by Gasteiger charge is 2.39. The average Bonchev–Trinajstić information content (AvgIpc) is 2.90. The summed E-state index contributed by atoms with van der Waals surface area (Å²) in [6, 6.07) is 0. The number of nitrogens with zero attached hydrogens (tertiary/aromatic N) is 2. The van der Waals surface area contributed by atoms with E-state index >= 15 is 0 Å². The Morgan fingerprint density at radius 1 is 0.400 bits per heavy atom. The first kappa shape index (κ1) is 30.3. The van der Waals surface area contributed by atoms with Gasteiger partial charge < -0.3 is 0 Å². The molecule has 0 unspecified atom stereocenters. The number of thiocarbonyl (C=S) groups is 2. The number of isothiocyanates is 2. The van der Waals surface area contributed by atoms with Crippen LogP contribution in [0.4, 0.5) is 64.1 Å². The topological polar surface area (TPSA) is 58.9 Å². The Balaban J connectivity index is 2.33. The van der Waals surface area contributed by atoms with Gasteiger partial charge in [0.1, 0.15) is 22.3 Å². The van der Waals surface area contributed by atoms with Gasteiger partial charge in [-0.1, -0.05) is 0 Å². The van der Waals surface area contributed by atoms with Gasteiger partial charge in [-0.2, -0.15) is 9.98 Å². The molecule has 40 heavy (non-hydrogen) atoms. The zero-order valence-electron chi connectivity index (χ0n) is 18.1. The SMILES string of the molecule is O=C(c1c(F)c(F)c(N=C=S)c(F)c1F)c1c(F)c(F)c(C(=O)c2c(F)c(F)c(N=C=S)c(F)c2F)c(F)c1F. The Morgan fingerprint density at radius 2 is 0.575 bits per heavy atom. The summed E-state index contributed by atoms with van der Waals surface area (Å²) in [5, 5.41) is 2.67. The quantitative estimate of drug-likeness (QED) is 0.0961. The Bertz CT molecular complexity index is 1570. The molecule has 0 bridgehead atoms. The molecule has 0 aliphatic carbocycles. The molecule has 0 atom stereocenters. The number of benzene rings is 3. The van der Waals surface area contributed by atoms with Gasteiger partial charge in [0.15, 0.2) is 81.2 Å². The standard InChI is InChI=1S/C22F12N2O2S2/c23-7-3(21(37)5-11(27)15(31)19(35-1-39)16(32)12(5)28)8(24)10(26)4(9(7)25)22(38)6-13(29)17(33)20(36-2-40)18(34)14(6)30. The van der Waals surface area contributed by atoms with E-state index < -0.39 is 115 Å². The molecular weight excluding hydrogens is 616 g/mol. The molecule has 3 aromatic carbocycles. The number of aliphatic imine (C=N–C) groups is 2. The van der Waals surface area contributed by atoms with Gasteiger partial charge in [-0.3, -0.25) is 9.59 Å². The third kappa shape index (κ3) is 4.50. The number of halogens is 12. The summed E-state index contributed by atoms with van der Waals surface area (Å²) >= 11 is 8.02. The number of carbonyl (C=O) groups excluding carboxylic acids is 2. The Kier molecular flexibility index (Phi) is 8.40. The second-order valence-electron chi connectivity index (χ2n) is 7.03. The van der Waals surface area contributed by atoms with Crippen LogP contribution in [0.25, 0.3) is 0 Å². The normalized spacial score (nSPS) is 10.7. The predicted molar refractivity (Wildman–Crippen MR) is 115 cm³/mol. The summed E-state index contributed by atoms with van der Waals surface area (Å²) in [7, 11) is 0. The zero-order valence-corrected chi connectivity index (χ0v) is 19.7. The van der Waals surface area contributed by atoms with Crippen molar-refractivity contribution in [2.24, 2.45) is 9.98 Å². The number of carbonyl (C=O) groups is 2. The lowest BCUT2D eigenvalue weighted by Crippen LogP contribution is -2.21. The molecule has 3 aromatic rings. The Morgan fingerprint density at radius 3 is 0.750 bits per heavy atom. The van der Waals surface area contributed by atoms with E-state index in [1.807, 2.05) is 0 Å². The van der Waals surface area contributed by atoms with Crippen LogP contribution in [0.5, 0.6) is 0 Å². The number of rotatable bonds is 6. The van der Waals surface area contributed by atoms with Gasteiger partial charge in [-0.05, 0) is 24.4 Å². The lowest BCUT2D eigenvalue weighted by atomic mass is 9.94. The second kappa shape index (κ2) is 11.1. The minimum Gasteiger partial charge on any atom is -0.288 e. The van der Waals surface area contributed by atoms with Crippen molar-refractivity contribution < 1.29 is 62.3 Å². The molecule has 0 fully saturated rings. The van der Waals surface area contributed by atoms with Crippen molar-refractivity contribution >= 4 is 57.7 Å². The van der Waals surface area contributed by atoms with Crippen LogP contribution in [0, 0.1) is 69.8 Å². The second-order valence-corrected chi connectivity index (χ2v) is 7.39. The molecule has 0 radical (unpaired) electrons. The molecule has 0 saturated heterocycles. The maximum absolute atomic E-state index is 14.7. The maximum Gasteiger partial charge on any atom is 0.205 e. The molecule has 206 valence electrons. The highest BCUT2D eigenvalue weighted by molar-refractivity contribution is 7.78. The van der Waals surface area contributed by atoms with E-state index in [-0.39, 0.29) is 0 Å². The van der Waals surface area contributed by atoms with E-state index in [1.54, 1.807) is 0 Å². The summed E-state index contributed by atoms with van der Waals surface area (Å²) < 4.78 is 172. The number of hydrogen-bond donors (Lipinski definition) is 0. The first-order valence-electron chi connectivity index (χ1n) is 9.48. The fraction of sp³-hybridized carbons (Fsp3) is 0. The van der Waals surface area contributed by atoms with Crippen LogP contribution in [0.15, 0.2) is 9.98 Å². The van der Waals surface area contributed by atoms with Gasteiger partial charge in [0.25, 0.3) is 0 Å². The van der Waals surface area contributed by atoms with Crippen LogP contribution in [0.1, 0.15) is 31.8 Å². The van der Waals surface area contributed by atoms with Gasteiger partial charge >= 0.3 is 0 Å². The van der Waals surface area contributed by atoms with Gasteiger partial charge in [0.05, 0.1) is 10.3 Å². The fourth-order valence-corrected chi connectivity index (χ4v) is 3.39. The van der Waals surface area contributed by atoms with Gasteiger partial charge in [-0.25, -0.2) is 52.7 Å². The monoisotopic (exact) mass is 616 g/mol. The van der Waals surface area contributed by atoms with Crippen molar-refractivity contribution in [3.63, 3.8) is 0 Å². The van der Waals surface area contributed by atoms with Crippen LogP contribution >= 0.6 is 24.4 Å². The molecule has 0 aliphatic heterocycles. The first-order chi connectivity index (χ1) is 18.6. The van der Waals surface area contributed by atoms with Crippen LogP contribution in [0.3, 0.4) is 0 Å². The first-order valence-corrected chi connectivity index (χ1v) is 10.3. The summed E-state index contributed by atoms with van der Waals surface area (Å²) in [6.07, 6.45) is 0. The van der Waals surface area contributed by atoms with Gasteiger partial charge in [0, 0.05) is 0 Å². The van der Waals surface area contributed by atoms with Crippen molar-refractivity contribution in [2.45, 2.75) is 0 Å². The third-order valence-electron chi connectivity index (χ3n) is 4.97. The molecule has 0 spiro atoms. The minimum atomic E-state index is -2.98. The van der Waals surface area contributed by atoms with E-state index in [0.29, 0.717) is 0 Å². The highest BCUT2D eigenvalue weighted by Crippen LogP contribution is 2.36. The predicted octanol–water partition coefficient (Wildman–Crippen LogP) is 7.29. The molecule has 0 heterocycles. The maximum atomic E-state index is 14.7. The minimum absolute atomic E-state index is 1.33. The summed E-state index contributed by atoms with van der Waals surface area (Å²) in [4.78, 5) is 30.2. The van der Waals surface area contributed by atoms with Crippen molar-refractivity contribution in [1.82, 2.24) is 0 Å². The molecule has 0 aliphatic rings. The average molecular weight is 616 g/mol.